The molecule has 1 aliphatic heterocycles. The maximum atomic E-state index is 12.5. The molecule has 26 heavy (non-hydrogen) atoms. The standard InChI is InChI=1S/C20H19ClN4O/c21-17-7-5-15(6-8-17)12-24-13-16(14-24)20(26)23-18-3-1-4-19(11-18)25-10-2-9-22-25/h1-11,16H,12-14H2,(H,23,26). The fraction of sp³-hybridized carbons (Fsp3) is 0.200. The van der Waals surface area contributed by atoms with E-state index in [0.29, 0.717) is 0 Å². The molecule has 1 amide bonds. The molecule has 0 saturated carbocycles. The fourth-order valence-corrected chi connectivity index (χ4v) is 3.23. The third-order valence-corrected chi connectivity index (χ3v) is 4.78. The Kier molecular flexibility index (Phi) is 4.73. The number of nitrogens with zero attached hydrogens (tertiary/aromatic N) is 3. The van der Waals surface area contributed by atoms with Crippen molar-refractivity contribution in [3.8, 4) is 5.69 Å². The summed E-state index contributed by atoms with van der Waals surface area (Å²) in [6.45, 7) is 2.39. The summed E-state index contributed by atoms with van der Waals surface area (Å²) in [4.78, 5) is 14.7. The van der Waals surface area contributed by atoms with E-state index >= 15 is 0 Å². The Morgan fingerprint density at radius 2 is 1.96 bits per heavy atom. The van der Waals surface area contributed by atoms with Crippen LogP contribution in [0.4, 0.5) is 5.69 Å². The minimum Gasteiger partial charge on any atom is -0.326 e. The molecule has 6 heteroatoms. The molecule has 1 N–H and O–H groups in total. The van der Waals surface area contributed by atoms with Crippen LogP contribution in [0.3, 0.4) is 0 Å². The van der Waals surface area contributed by atoms with Crippen LogP contribution in [0.5, 0.6) is 0 Å². The van der Waals surface area contributed by atoms with Crippen molar-refractivity contribution in [3.63, 3.8) is 0 Å². The third-order valence-electron chi connectivity index (χ3n) is 4.53. The van der Waals surface area contributed by atoms with E-state index in [2.05, 4.69) is 15.3 Å². The van der Waals surface area contributed by atoms with E-state index in [1.807, 2.05) is 60.8 Å². The molecule has 1 aromatic heterocycles. The molecule has 1 aliphatic rings. The number of likely N-dealkylation sites (tertiary alicyclic amines) is 1. The first-order chi connectivity index (χ1) is 12.7. The van der Waals surface area contributed by atoms with Gasteiger partial charge in [-0.1, -0.05) is 29.8 Å². The normalized spacial score (nSPS) is 14.8. The highest BCUT2D eigenvalue weighted by Gasteiger charge is 2.32. The van der Waals surface area contributed by atoms with Crippen molar-refractivity contribution in [2.75, 3.05) is 18.4 Å². The second-order valence-electron chi connectivity index (χ2n) is 6.51. The van der Waals surface area contributed by atoms with E-state index in [1.54, 1.807) is 10.9 Å². The number of hydrogen-bond acceptors (Lipinski definition) is 3. The zero-order valence-corrected chi connectivity index (χ0v) is 14.9. The number of carbonyl (C=O) groups excluding carboxylic acids is 1. The van der Waals surface area contributed by atoms with Gasteiger partial charge in [0.05, 0.1) is 11.6 Å². The Bertz CT molecular complexity index is 886. The lowest BCUT2D eigenvalue weighted by atomic mass is 9.98. The van der Waals surface area contributed by atoms with Gasteiger partial charge in [0, 0.05) is 42.7 Å². The Labute approximate surface area is 157 Å². The van der Waals surface area contributed by atoms with Crippen molar-refractivity contribution in [2.45, 2.75) is 6.54 Å². The molecule has 1 fully saturated rings. The van der Waals surface area contributed by atoms with Gasteiger partial charge in [-0.05, 0) is 42.0 Å². The first-order valence-electron chi connectivity index (χ1n) is 8.55. The lowest BCUT2D eigenvalue weighted by Crippen LogP contribution is -2.51. The lowest BCUT2D eigenvalue weighted by Gasteiger charge is -2.38. The number of nitrogens with one attached hydrogen (secondary N) is 1. The molecule has 3 aromatic rings. The minimum atomic E-state index is 0.0238. The van der Waals surface area contributed by atoms with Crippen LogP contribution in [-0.2, 0) is 11.3 Å². The molecule has 0 spiro atoms. The highest BCUT2D eigenvalue weighted by Crippen LogP contribution is 2.22. The SMILES string of the molecule is O=C(Nc1cccc(-n2cccn2)c1)C1CN(Cc2ccc(Cl)cc2)C1. The van der Waals surface area contributed by atoms with Crippen molar-refractivity contribution >= 4 is 23.2 Å². The molecule has 0 atom stereocenters. The maximum Gasteiger partial charge on any atom is 0.230 e. The summed E-state index contributed by atoms with van der Waals surface area (Å²) < 4.78 is 1.77. The summed E-state index contributed by atoms with van der Waals surface area (Å²) in [6, 6.07) is 17.4. The monoisotopic (exact) mass is 366 g/mol. The third kappa shape index (κ3) is 3.79. The van der Waals surface area contributed by atoms with E-state index in [1.165, 1.54) is 5.56 Å². The second kappa shape index (κ2) is 7.32. The van der Waals surface area contributed by atoms with Gasteiger partial charge in [-0.2, -0.15) is 5.10 Å². The first kappa shape index (κ1) is 16.8. The zero-order valence-electron chi connectivity index (χ0n) is 14.2. The van der Waals surface area contributed by atoms with Crippen LogP contribution in [0.15, 0.2) is 67.0 Å². The summed E-state index contributed by atoms with van der Waals surface area (Å²) in [7, 11) is 0. The molecule has 132 valence electrons. The Morgan fingerprint density at radius 1 is 1.15 bits per heavy atom. The molecule has 5 nitrogen and oxygen atoms in total. The second-order valence-corrected chi connectivity index (χ2v) is 6.94. The van der Waals surface area contributed by atoms with Crippen LogP contribution < -0.4 is 5.32 Å². The molecule has 2 heterocycles. The first-order valence-corrected chi connectivity index (χ1v) is 8.93. The van der Waals surface area contributed by atoms with Gasteiger partial charge >= 0.3 is 0 Å². The highest BCUT2D eigenvalue weighted by atomic mass is 35.5. The molecular weight excluding hydrogens is 348 g/mol. The molecule has 0 bridgehead atoms. The zero-order chi connectivity index (χ0) is 17.9. The minimum absolute atomic E-state index is 0.0238. The van der Waals surface area contributed by atoms with Crippen LogP contribution in [0.1, 0.15) is 5.56 Å². The quantitative estimate of drug-likeness (QED) is 0.750. The summed E-state index contributed by atoms with van der Waals surface area (Å²) in [5, 5.41) is 7.97. The van der Waals surface area contributed by atoms with Crippen molar-refractivity contribution in [2.24, 2.45) is 5.92 Å². The molecule has 1 saturated heterocycles. The van der Waals surface area contributed by atoms with E-state index in [9.17, 15) is 4.79 Å². The number of carbonyl (C=O) groups is 1. The van der Waals surface area contributed by atoms with Gasteiger partial charge in [0.2, 0.25) is 5.91 Å². The fourth-order valence-electron chi connectivity index (χ4n) is 3.10. The van der Waals surface area contributed by atoms with Crippen LogP contribution in [0, 0.1) is 5.92 Å². The molecule has 0 radical (unpaired) electrons. The van der Waals surface area contributed by atoms with Crippen LogP contribution in [0.2, 0.25) is 5.02 Å². The molecule has 0 aliphatic carbocycles. The Morgan fingerprint density at radius 3 is 2.69 bits per heavy atom. The number of benzene rings is 2. The average molecular weight is 367 g/mol. The maximum absolute atomic E-state index is 12.5. The van der Waals surface area contributed by atoms with Crippen molar-refractivity contribution in [3.05, 3.63) is 77.6 Å². The van der Waals surface area contributed by atoms with Gasteiger partial charge < -0.3 is 5.32 Å². The number of rotatable bonds is 5. The summed E-state index contributed by atoms with van der Waals surface area (Å²) >= 11 is 5.91. The van der Waals surface area contributed by atoms with Gasteiger partial charge in [0.1, 0.15) is 0 Å². The molecular formula is C20H19ClN4O. The number of aromatic nitrogens is 2. The van der Waals surface area contributed by atoms with Gasteiger partial charge in [-0.15, -0.1) is 0 Å². The van der Waals surface area contributed by atoms with Crippen LogP contribution in [0.25, 0.3) is 5.69 Å². The van der Waals surface area contributed by atoms with E-state index < -0.39 is 0 Å². The topological polar surface area (TPSA) is 50.2 Å². The molecule has 0 unspecified atom stereocenters. The number of amides is 1. The number of hydrogen-bond donors (Lipinski definition) is 1. The predicted molar refractivity (Wildman–Crippen MR) is 102 cm³/mol. The number of anilines is 1. The van der Waals surface area contributed by atoms with Crippen LogP contribution in [-0.4, -0.2) is 33.7 Å². The van der Waals surface area contributed by atoms with E-state index in [4.69, 9.17) is 11.6 Å². The van der Waals surface area contributed by atoms with Gasteiger partial charge in [-0.25, -0.2) is 4.68 Å². The summed E-state index contributed by atoms with van der Waals surface area (Å²) in [5.74, 6) is 0.0885. The van der Waals surface area contributed by atoms with E-state index in [0.717, 1.165) is 36.0 Å². The average Bonchev–Trinajstić information content (AvgIpc) is 3.14. The number of halogens is 1. The summed E-state index contributed by atoms with van der Waals surface area (Å²) in [6.07, 6.45) is 3.61. The lowest BCUT2D eigenvalue weighted by molar-refractivity contribution is -0.125. The Hall–Kier alpha value is -2.63. The van der Waals surface area contributed by atoms with E-state index in [-0.39, 0.29) is 11.8 Å². The Balaban J connectivity index is 1.31. The smallest absolute Gasteiger partial charge is 0.230 e. The van der Waals surface area contributed by atoms with Crippen molar-refractivity contribution < 1.29 is 4.79 Å². The van der Waals surface area contributed by atoms with Crippen molar-refractivity contribution in [1.82, 2.24) is 14.7 Å². The van der Waals surface area contributed by atoms with Crippen molar-refractivity contribution in [1.29, 1.82) is 0 Å². The van der Waals surface area contributed by atoms with Gasteiger partial charge in [0.15, 0.2) is 0 Å². The predicted octanol–water partition coefficient (Wildman–Crippen LogP) is 3.60. The van der Waals surface area contributed by atoms with Crippen LogP contribution >= 0.6 is 11.6 Å². The summed E-state index contributed by atoms with van der Waals surface area (Å²) in [5.41, 5.74) is 2.92. The molecule has 2 aromatic carbocycles. The highest BCUT2D eigenvalue weighted by molar-refractivity contribution is 6.30. The van der Waals surface area contributed by atoms with Gasteiger partial charge in [0.25, 0.3) is 0 Å². The van der Waals surface area contributed by atoms with Gasteiger partial charge in [-0.3, -0.25) is 9.69 Å². The largest absolute Gasteiger partial charge is 0.326 e. The molecule has 4 rings (SSSR count).